The minimum Gasteiger partial charge on any atom is -0.497 e. The number of methoxy groups -OCH3 is 2. The zero-order chi connectivity index (χ0) is 26.6. The van der Waals surface area contributed by atoms with E-state index in [-0.39, 0.29) is 39.9 Å². The van der Waals surface area contributed by atoms with Crippen LogP contribution in [-0.2, 0) is 11.8 Å². The average molecular weight is 510 g/mol. The van der Waals surface area contributed by atoms with Gasteiger partial charge in [0.2, 0.25) is 5.43 Å². The van der Waals surface area contributed by atoms with E-state index >= 15 is 0 Å². The molecular formula is C30H23NO7. The molecule has 0 saturated heterocycles. The largest absolute Gasteiger partial charge is 0.497 e. The Bertz CT molecular complexity index is 1870. The maximum atomic E-state index is 13.8. The van der Waals surface area contributed by atoms with Crippen LogP contribution < -0.4 is 25.2 Å². The lowest BCUT2D eigenvalue weighted by Gasteiger charge is -2.26. The lowest BCUT2D eigenvalue weighted by molar-refractivity contribution is -0.135. The number of pyridine rings is 1. The minimum atomic E-state index is -0.682. The Morgan fingerprint density at radius 3 is 2.45 bits per heavy atom. The summed E-state index contributed by atoms with van der Waals surface area (Å²) in [5.74, 6) is -0.102. The molecule has 0 amide bonds. The van der Waals surface area contributed by atoms with Gasteiger partial charge in [-0.1, -0.05) is 30.3 Å². The molecule has 0 spiro atoms. The average Bonchev–Trinajstić information content (AvgIpc) is 2.94. The Morgan fingerprint density at radius 1 is 0.947 bits per heavy atom. The molecule has 1 aliphatic heterocycles. The van der Waals surface area contributed by atoms with Crippen LogP contribution in [0.15, 0.2) is 80.9 Å². The molecule has 0 unspecified atom stereocenters. The van der Waals surface area contributed by atoms with Crippen LogP contribution >= 0.6 is 0 Å². The van der Waals surface area contributed by atoms with Gasteiger partial charge in [-0.3, -0.25) is 14.4 Å². The fourth-order valence-electron chi connectivity index (χ4n) is 5.21. The van der Waals surface area contributed by atoms with E-state index in [4.69, 9.17) is 18.6 Å². The molecule has 3 heterocycles. The van der Waals surface area contributed by atoms with E-state index in [0.29, 0.717) is 28.0 Å². The molecule has 5 aromatic rings. The maximum absolute atomic E-state index is 13.8. The van der Waals surface area contributed by atoms with Gasteiger partial charge in [0.05, 0.1) is 31.7 Å². The Kier molecular flexibility index (Phi) is 5.52. The van der Waals surface area contributed by atoms with Gasteiger partial charge >= 0.3 is 5.97 Å². The topological polar surface area (TPSA) is 97.0 Å². The van der Waals surface area contributed by atoms with Gasteiger partial charge < -0.3 is 23.2 Å². The first-order valence-corrected chi connectivity index (χ1v) is 12.0. The molecule has 190 valence electrons. The van der Waals surface area contributed by atoms with Gasteiger partial charge in [-0.05, 0) is 35.2 Å². The van der Waals surface area contributed by atoms with Crippen LogP contribution in [0.25, 0.3) is 33.0 Å². The number of aromatic nitrogens is 1. The highest BCUT2D eigenvalue weighted by atomic mass is 16.5. The number of esters is 1. The third-order valence-corrected chi connectivity index (χ3v) is 7.11. The number of hydrogen-bond acceptors (Lipinski definition) is 7. The first-order valence-electron chi connectivity index (χ1n) is 12.0. The third kappa shape index (κ3) is 3.56. The van der Waals surface area contributed by atoms with Crippen LogP contribution in [0.2, 0.25) is 0 Å². The van der Waals surface area contributed by atoms with E-state index in [1.807, 2.05) is 24.3 Å². The van der Waals surface area contributed by atoms with Crippen molar-refractivity contribution in [2.75, 3.05) is 14.2 Å². The lowest BCUT2D eigenvalue weighted by Crippen LogP contribution is -2.29. The molecule has 2 aromatic heterocycles. The van der Waals surface area contributed by atoms with Crippen molar-refractivity contribution in [3.63, 3.8) is 0 Å². The summed E-state index contributed by atoms with van der Waals surface area (Å²) in [6.07, 6.45) is 1.31. The zero-order valence-corrected chi connectivity index (χ0v) is 20.9. The van der Waals surface area contributed by atoms with Gasteiger partial charge in [-0.25, -0.2) is 0 Å². The molecule has 1 aliphatic rings. The summed E-state index contributed by atoms with van der Waals surface area (Å²) in [5.41, 5.74) is 2.30. The van der Waals surface area contributed by atoms with Crippen molar-refractivity contribution in [1.82, 2.24) is 4.57 Å². The van der Waals surface area contributed by atoms with Gasteiger partial charge in [0, 0.05) is 30.2 Å². The second-order valence-corrected chi connectivity index (χ2v) is 9.16. The van der Waals surface area contributed by atoms with Crippen LogP contribution in [0.3, 0.4) is 0 Å². The van der Waals surface area contributed by atoms with Crippen molar-refractivity contribution in [2.24, 2.45) is 7.05 Å². The van der Waals surface area contributed by atoms with Crippen LogP contribution in [0.4, 0.5) is 0 Å². The van der Waals surface area contributed by atoms with E-state index in [1.54, 1.807) is 49.1 Å². The fraction of sp³-hybridized carbons (Fsp3) is 0.167. The van der Waals surface area contributed by atoms with Crippen molar-refractivity contribution < 1.29 is 23.4 Å². The Labute approximate surface area is 216 Å². The predicted octanol–water partition coefficient (Wildman–Crippen LogP) is 4.77. The molecule has 0 fully saturated rings. The van der Waals surface area contributed by atoms with E-state index in [9.17, 15) is 14.4 Å². The predicted molar refractivity (Wildman–Crippen MR) is 142 cm³/mol. The summed E-state index contributed by atoms with van der Waals surface area (Å²) in [4.78, 5) is 40.0. The summed E-state index contributed by atoms with van der Waals surface area (Å²) in [7, 11) is 4.70. The molecule has 6 rings (SSSR count). The van der Waals surface area contributed by atoms with Crippen LogP contribution in [0, 0.1) is 0 Å². The molecule has 8 heteroatoms. The molecule has 38 heavy (non-hydrogen) atoms. The maximum Gasteiger partial charge on any atom is 0.312 e. The normalized spacial score (nSPS) is 14.8. The summed E-state index contributed by atoms with van der Waals surface area (Å²) in [6.45, 7) is 0. The van der Waals surface area contributed by atoms with Crippen LogP contribution in [0.1, 0.15) is 23.5 Å². The van der Waals surface area contributed by atoms with Crippen molar-refractivity contribution in [3.8, 4) is 28.4 Å². The summed E-state index contributed by atoms with van der Waals surface area (Å²) >= 11 is 0. The van der Waals surface area contributed by atoms with Crippen LogP contribution in [-0.4, -0.2) is 24.8 Å². The van der Waals surface area contributed by atoms with E-state index in [0.717, 1.165) is 10.9 Å². The molecule has 0 saturated carbocycles. The standard InChI is InChI=1S/C30H23NO7/c1-31-22-7-5-4-6-17(22)12-20(30(31)34)19-13-25(32)38-24-14-23(36-3)27-28(33)21(15-37-29(27)26(19)24)16-8-10-18(35-2)11-9-16/h4-12,14-15,19H,13H2,1-3H3/t19-/m1/s1. The number of hydrogen-bond donors (Lipinski definition) is 0. The molecule has 1 atom stereocenters. The van der Waals surface area contributed by atoms with Crippen molar-refractivity contribution in [1.29, 1.82) is 0 Å². The number of nitrogens with zero attached hydrogens (tertiary/aromatic N) is 1. The van der Waals surface area contributed by atoms with Gasteiger partial charge in [-0.2, -0.15) is 0 Å². The highest BCUT2D eigenvalue weighted by molar-refractivity contribution is 5.94. The molecule has 8 nitrogen and oxygen atoms in total. The number of ether oxygens (including phenoxy) is 3. The molecular weight excluding hydrogens is 486 g/mol. The van der Waals surface area contributed by atoms with E-state index in [1.165, 1.54) is 19.4 Å². The number of fused-ring (bicyclic) bond motifs is 4. The number of carbonyl (C=O) groups excluding carboxylic acids is 1. The number of carbonyl (C=O) groups is 1. The number of rotatable bonds is 4. The summed E-state index contributed by atoms with van der Waals surface area (Å²) in [6, 6.07) is 17.9. The fourth-order valence-corrected chi connectivity index (χ4v) is 5.21. The van der Waals surface area contributed by atoms with Gasteiger partial charge in [0.25, 0.3) is 5.56 Å². The number of para-hydroxylation sites is 1. The highest BCUT2D eigenvalue weighted by Gasteiger charge is 2.35. The SMILES string of the molecule is COc1ccc(-c2coc3c4c(cc(OC)c3c2=O)OC(=O)C[C@@H]4c2cc3ccccc3n(C)c2=O)cc1. The van der Waals surface area contributed by atoms with Crippen molar-refractivity contribution >= 4 is 27.8 Å². The Morgan fingerprint density at radius 2 is 1.71 bits per heavy atom. The molecule has 3 aromatic carbocycles. The third-order valence-electron chi connectivity index (χ3n) is 7.11. The quantitative estimate of drug-likeness (QED) is 0.254. The summed E-state index contributed by atoms with van der Waals surface area (Å²) < 4.78 is 24.0. The van der Waals surface area contributed by atoms with Crippen LogP contribution in [0.5, 0.6) is 17.2 Å². The lowest BCUT2D eigenvalue weighted by atomic mass is 9.85. The molecule has 0 aliphatic carbocycles. The first-order chi connectivity index (χ1) is 18.4. The van der Waals surface area contributed by atoms with E-state index < -0.39 is 11.9 Å². The second-order valence-electron chi connectivity index (χ2n) is 9.16. The van der Waals surface area contributed by atoms with Gasteiger partial charge in [-0.15, -0.1) is 0 Å². The molecule has 0 radical (unpaired) electrons. The first kappa shape index (κ1) is 23.5. The monoisotopic (exact) mass is 509 g/mol. The van der Waals surface area contributed by atoms with Gasteiger partial charge in [0.1, 0.15) is 34.5 Å². The second kappa shape index (κ2) is 8.92. The number of aryl methyl sites for hydroxylation is 1. The van der Waals surface area contributed by atoms with Crippen molar-refractivity contribution in [3.05, 3.63) is 98.6 Å². The minimum absolute atomic E-state index is 0.0774. The Hall–Kier alpha value is -4.85. The van der Waals surface area contributed by atoms with E-state index in [2.05, 4.69) is 0 Å². The number of benzene rings is 3. The molecule has 0 N–H and O–H groups in total. The highest BCUT2D eigenvalue weighted by Crippen LogP contribution is 2.45. The smallest absolute Gasteiger partial charge is 0.312 e. The summed E-state index contributed by atoms with van der Waals surface area (Å²) in [5, 5.41) is 1.06. The zero-order valence-electron chi connectivity index (χ0n) is 20.9. The Balaban J connectivity index is 1.63. The molecule has 0 bridgehead atoms. The van der Waals surface area contributed by atoms with Crippen molar-refractivity contribution in [2.45, 2.75) is 12.3 Å². The van der Waals surface area contributed by atoms with Gasteiger partial charge in [0.15, 0.2) is 0 Å².